The van der Waals surface area contributed by atoms with E-state index >= 15 is 0 Å². The van der Waals surface area contributed by atoms with Crippen LogP contribution in [0.1, 0.15) is 24.4 Å². The number of pyridine rings is 1. The van der Waals surface area contributed by atoms with E-state index in [2.05, 4.69) is 4.98 Å². The average molecular weight is 373 g/mol. The van der Waals surface area contributed by atoms with Crippen LogP contribution in [0.3, 0.4) is 0 Å². The molecule has 0 aromatic carbocycles. The Balaban J connectivity index is 0.000000980. The van der Waals surface area contributed by atoms with Crippen LogP contribution >= 0.6 is 0 Å². The number of carbonyl (C=O) groups is 1. The molecule has 1 aliphatic heterocycles. The van der Waals surface area contributed by atoms with E-state index < -0.39 is 0 Å². The number of rotatable bonds is 1. The van der Waals surface area contributed by atoms with Gasteiger partial charge in [-0.05, 0) is 18.1 Å². The quantitative estimate of drug-likeness (QED) is 0.697. The van der Waals surface area contributed by atoms with Crippen LogP contribution in [0.2, 0.25) is 0 Å². The molecule has 1 radical (unpaired) electrons. The van der Waals surface area contributed by atoms with Crippen LogP contribution in [-0.2, 0) is 27.2 Å². The van der Waals surface area contributed by atoms with E-state index in [9.17, 15) is 4.79 Å². The first-order chi connectivity index (χ1) is 6.29. The van der Waals surface area contributed by atoms with E-state index in [0.29, 0.717) is 6.42 Å². The van der Waals surface area contributed by atoms with E-state index in [0.717, 1.165) is 12.0 Å². The van der Waals surface area contributed by atoms with Crippen molar-refractivity contribution in [3.05, 3.63) is 30.1 Å². The number of likely N-dealkylation sites (tertiary alicyclic amines) is 1. The summed E-state index contributed by atoms with van der Waals surface area (Å²) in [5.74, 6) is 0.230. The van der Waals surface area contributed by atoms with Crippen molar-refractivity contribution < 1.29 is 27.2 Å². The molecule has 14 heavy (non-hydrogen) atoms. The van der Waals surface area contributed by atoms with Crippen LogP contribution in [0.4, 0.5) is 0 Å². The van der Waals surface area contributed by atoms with Crippen molar-refractivity contribution >= 4 is 5.91 Å². The molecule has 1 atom stereocenters. The average Bonchev–Trinajstić information content (AvgIpc) is 2.49. The van der Waals surface area contributed by atoms with Crippen LogP contribution in [-0.4, -0.2) is 22.8 Å². The van der Waals surface area contributed by atoms with Gasteiger partial charge in [0, 0.05) is 48.2 Å². The summed E-state index contributed by atoms with van der Waals surface area (Å²) in [4.78, 5) is 17.1. The second kappa shape index (κ2) is 4.73. The fourth-order valence-corrected chi connectivity index (χ4v) is 1.77. The molecule has 2 heterocycles. The van der Waals surface area contributed by atoms with Crippen molar-refractivity contribution in [3.8, 4) is 0 Å². The summed E-state index contributed by atoms with van der Waals surface area (Å²) in [5, 5.41) is 0. The zero-order valence-electron chi connectivity index (χ0n) is 7.91. The first-order valence-electron chi connectivity index (χ1n) is 4.44. The number of nitrogens with zero attached hydrogens (tertiary/aromatic N) is 2. The van der Waals surface area contributed by atoms with Crippen molar-refractivity contribution in [2.45, 2.75) is 18.9 Å². The Morgan fingerprint density at radius 1 is 1.57 bits per heavy atom. The van der Waals surface area contributed by atoms with E-state index in [1.165, 1.54) is 0 Å². The Bertz CT molecular complexity index is 315. The summed E-state index contributed by atoms with van der Waals surface area (Å²) >= 11 is 0. The van der Waals surface area contributed by atoms with Crippen LogP contribution in [0.15, 0.2) is 24.5 Å². The first kappa shape index (κ1) is 11.4. The monoisotopic (exact) mass is 373 g/mol. The molecule has 1 aliphatic rings. The molecule has 1 amide bonds. The zero-order chi connectivity index (χ0) is 9.26. The molecule has 0 saturated carbocycles. The minimum atomic E-state index is 0. The summed E-state index contributed by atoms with van der Waals surface area (Å²) in [6, 6.07) is 4.17. The Morgan fingerprint density at radius 2 is 2.36 bits per heavy atom. The van der Waals surface area contributed by atoms with Crippen LogP contribution in [0, 0.1) is 0 Å². The molecule has 1 saturated heterocycles. The van der Waals surface area contributed by atoms with Crippen molar-refractivity contribution in [2.24, 2.45) is 0 Å². The summed E-state index contributed by atoms with van der Waals surface area (Å²) in [5.41, 5.74) is 1.14. The molecule has 4 heteroatoms. The summed E-state index contributed by atoms with van der Waals surface area (Å²) in [7, 11) is 1.85. The van der Waals surface area contributed by atoms with Gasteiger partial charge in [0.2, 0.25) is 5.91 Å². The van der Waals surface area contributed by atoms with Gasteiger partial charge in [-0.15, -0.1) is 0 Å². The van der Waals surface area contributed by atoms with Gasteiger partial charge in [-0.3, -0.25) is 9.78 Å². The smallest absolute Gasteiger partial charge is 0.222 e. The van der Waals surface area contributed by atoms with Gasteiger partial charge in [-0.1, -0.05) is 6.07 Å². The van der Waals surface area contributed by atoms with Gasteiger partial charge in [-0.25, -0.2) is 0 Å². The predicted molar refractivity (Wildman–Crippen MR) is 49.0 cm³/mol. The molecule has 0 unspecified atom stereocenters. The maximum Gasteiger partial charge on any atom is 0.222 e. The van der Waals surface area contributed by atoms with E-state index in [4.69, 9.17) is 0 Å². The van der Waals surface area contributed by atoms with Gasteiger partial charge in [0.05, 0.1) is 6.04 Å². The fourth-order valence-electron chi connectivity index (χ4n) is 1.77. The molecule has 79 valence electrons. The van der Waals surface area contributed by atoms with Gasteiger partial charge in [0.1, 0.15) is 0 Å². The molecule has 0 N–H and O–H groups in total. The van der Waals surface area contributed by atoms with Crippen LogP contribution < -0.4 is 0 Å². The molecule has 2 rings (SSSR count). The van der Waals surface area contributed by atoms with Crippen molar-refractivity contribution in [3.63, 3.8) is 0 Å². The SMILES string of the molecule is CN1C(=O)CC[C@H]1c1cccnc1.[Au]. The van der Waals surface area contributed by atoms with Gasteiger partial charge >= 0.3 is 0 Å². The molecule has 1 fully saturated rings. The van der Waals surface area contributed by atoms with Crippen LogP contribution in [0.25, 0.3) is 0 Å². The minimum absolute atomic E-state index is 0. The standard InChI is InChI=1S/C10H12N2O.Au/c1-12-9(4-5-10(12)13)8-3-2-6-11-7-8;/h2-3,6-7,9H,4-5H2,1H3;/t9-;/m0./s1. The number of aromatic nitrogens is 1. The number of amides is 1. The Kier molecular flexibility index (Phi) is 3.87. The zero-order valence-corrected chi connectivity index (χ0v) is 10.1. The molecular formula is C10H12AuN2O. The van der Waals surface area contributed by atoms with Gasteiger partial charge in [0.25, 0.3) is 0 Å². The van der Waals surface area contributed by atoms with Crippen molar-refractivity contribution in [2.75, 3.05) is 7.05 Å². The van der Waals surface area contributed by atoms with Gasteiger partial charge in [-0.2, -0.15) is 0 Å². The van der Waals surface area contributed by atoms with Gasteiger partial charge < -0.3 is 4.90 Å². The molecule has 1 aromatic rings. The Labute approximate surface area is 99.0 Å². The maximum absolute atomic E-state index is 11.3. The summed E-state index contributed by atoms with van der Waals surface area (Å²) in [6.07, 6.45) is 5.16. The molecule has 0 bridgehead atoms. The molecule has 0 spiro atoms. The minimum Gasteiger partial charge on any atom is -0.339 e. The third-order valence-electron chi connectivity index (χ3n) is 2.56. The van der Waals surface area contributed by atoms with Crippen molar-refractivity contribution in [1.82, 2.24) is 9.88 Å². The van der Waals surface area contributed by atoms with Crippen molar-refractivity contribution in [1.29, 1.82) is 0 Å². The van der Waals surface area contributed by atoms with Crippen LogP contribution in [0.5, 0.6) is 0 Å². The molecule has 1 aromatic heterocycles. The predicted octanol–water partition coefficient (Wildman–Crippen LogP) is 1.37. The van der Waals surface area contributed by atoms with E-state index in [-0.39, 0.29) is 34.3 Å². The molecular weight excluding hydrogens is 361 g/mol. The third-order valence-corrected chi connectivity index (χ3v) is 2.56. The Hall–Kier alpha value is -0.640. The maximum atomic E-state index is 11.3. The van der Waals surface area contributed by atoms with E-state index in [1.807, 2.05) is 25.4 Å². The van der Waals surface area contributed by atoms with Gasteiger partial charge in [0.15, 0.2) is 0 Å². The normalized spacial score (nSPS) is 20.8. The number of hydrogen-bond acceptors (Lipinski definition) is 2. The first-order valence-corrected chi connectivity index (χ1v) is 4.44. The summed E-state index contributed by atoms with van der Waals surface area (Å²) < 4.78 is 0. The topological polar surface area (TPSA) is 33.2 Å². The second-order valence-electron chi connectivity index (χ2n) is 3.35. The Morgan fingerprint density at radius 3 is 2.86 bits per heavy atom. The second-order valence-corrected chi connectivity index (χ2v) is 3.35. The molecule has 3 nitrogen and oxygen atoms in total. The van der Waals surface area contributed by atoms with E-state index in [1.54, 1.807) is 11.1 Å². The third kappa shape index (κ3) is 2.05. The number of hydrogen-bond donors (Lipinski definition) is 0. The number of carbonyl (C=O) groups excluding carboxylic acids is 1. The largest absolute Gasteiger partial charge is 0.339 e. The molecule has 0 aliphatic carbocycles. The summed E-state index contributed by atoms with van der Waals surface area (Å²) in [6.45, 7) is 0. The fraction of sp³-hybridized carbons (Fsp3) is 0.400.